The molecule has 0 spiro atoms. The summed E-state index contributed by atoms with van der Waals surface area (Å²) in [7, 11) is 5.71. The van der Waals surface area contributed by atoms with E-state index >= 15 is 0 Å². The highest BCUT2D eigenvalue weighted by Gasteiger charge is 2.29. The molecular formula is C17H32IN7O. The molecule has 2 heterocycles. The van der Waals surface area contributed by atoms with Gasteiger partial charge in [0.05, 0.1) is 6.54 Å². The van der Waals surface area contributed by atoms with E-state index in [-0.39, 0.29) is 24.0 Å². The van der Waals surface area contributed by atoms with Crippen LogP contribution in [0.3, 0.4) is 0 Å². The Bertz CT molecular complexity index is 602. The van der Waals surface area contributed by atoms with E-state index in [9.17, 15) is 0 Å². The van der Waals surface area contributed by atoms with Gasteiger partial charge < -0.3 is 15.4 Å². The van der Waals surface area contributed by atoms with Gasteiger partial charge in [-0.2, -0.15) is 5.10 Å². The monoisotopic (exact) mass is 477 g/mol. The van der Waals surface area contributed by atoms with Gasteiger partial charge in [-0.25, -0.2) is 9.67 Å². The molecule has 1 aromatic heterocycles. The largest absolute Gasteiger partial charge is 0.377 e. The molecule has 8 nitrogen and oxygen atoms in total. The molecule has 2 unspecified atom stereocenters. The molecule has 2 N–H and O–H groups in total. The van der Waals surface area contributed by atoms with Crippen molar-refractivity contribution < 1.29 is 4.74 Å². The quantitative estimate of drug-likeness (QED) is 0.347. The van der Waals surface area contributed by atoms with E-state index in [0.717, 1.165) is 49.6 Å². The molecule has 1 saturated carbocycles. The number of methoxy groups -OCH3 is 1. The van der Waals surface area contributed by atoms with Crippen LogP contribution in [0.25, 0.3) is 0 Å². The number of aryl methyl sites for hydroxylation is 1. The Morgan fingerprint density at radius 3 is 2.85 bits per heavy atom. The number of rotatable bonds is 7. The Balaban J connectivity index is 0.00000243. The molecule has 0 bridgehead atoms. The van der Waals surface area contributed by atoms with E-state index in [1.54, 1.807) is 7.11 Å². The molecule has 3 rings (SSSR count). The van der Waals surface area contributed by atoms with Crippen LogP contribution < -0.4 is 10.6 Å². The van der Waals surface area contributed by atoms with Crippen LogP contribution in [0.1, 0.15) is 37.8 Å². The number of likely N-dealkylation sites (N-methyl/N-ethyl adjacent to an activating group) is 1. The van der Waals surface area contributed by atoms with Crippen molar-refractivity contribution in [3.8, 4) is 0 Å². The topological polar surface area (TPSA) is 79.6 Å². The number of hydrogen-bond donors (Lipinski definition) is 2. The summed E-state index contributed by atoms with van der Waals surface area (Å²) in [5, 5.41) is 11.5. The Kier molecular flexibility index (Phi) is 8.08. The molecular weight excluding hydrogens is 445 g/mol. The Hall–Kier alpha value is -0.940. The smallest absolute Gasteiger partial charge is 0.191 e. The number of guanidine groups is 1. The Morgan fingerprint density at radius 1 is 1.42 bits per heavy atom. The molecule has 0 amide bonds. The Morgan fingerprint density at radius 2 is 2.19 bits per heavy atom. The van der Waals surface area contributed by atoms with E-state index in [1.807, 2.05) is 11.7 Å². The highest BCUT2D eigenvalue weighted by molar-refractivity contribution is 14.0. The first-order valence-corrected chi connectivity index (χ1v) is 9.21. The predicted molar refractivity (Wildman–Crippen MR) is 113 cm³/mol. The molecule has 0 saturated heterocycles. The van der Waals surface area contributed by atoms with Crippen LogP contribution in [0.15, 0.2) is 4.99 Å². The third-order valence-corrected chi connectivity index (χ3v) is 5.12. The van der Waals surface area contributed by atoms with Crippen molar-refractivity contribution in [2.45, 2.75) is 63.9 Å². The number of ether oxygens (including phenoxy) is 1. The molecule has 0 aromatic carbocycles. The molecule has 2 atom stereocenters. The van der Waals surface area contributed by atoms with Gasteiger partial charge in [0.1, 0.15) is 12.4 Å². The molecule has 9 heteroatoms. The first-order chi connectivity index (χ1) is 12.1. The van der Waals surface area contributed by atoms with Crippen molar-refractivity contribution in [1.29, 1.82) is 0 Å². The fourth-order valence-corrected chi connectivity index (χ4v) is 3.29. The maximum absolute atomic E-state index is 5.12. The van der Waals surface area contributed by atoms with Crippen LogP contribution in [-0.2, 0) is 24.3 Å². The van der Waals surface area contributed by atoms with Gasteiger partial charge in [0, 0.05) is 45.2 Å². The lowest BCUT2D eigenvalue weighted by molar-refractivity contribution is 0.177. The van der Waals surface area contributed by atoms with Crippen molar-refractivity contribution in [2.24, 2.45) is 4.99 Å². The number of nitrogens with zero attached hydrogens (tertiary/aromatic N) is 5. The number of fused-ring (bicyclic) bond motifs is 1. The minimum absolute atomic E-state index is 0. The molecule has 26 heavy (non-hydrogen) atoms. The summed E-state index contributed by atoms with van der Waals surface area (Å²) in [6, 6.07) is 1.58. The molecule has 0 radical (unpaired) electrons. The van der Waals surface area contributed by atoms with Gasteiger partial charge in [-0.05, 0) is 33.2 Å². The summed E-state index contributed by atoms with van der Waals surface area (Å²) in [6.45, 7) is 4.43. The second-order valence-electron chi connectivity index (χ2n) is 7.14. The summed E-state index contributed by atoms with van der Waals surface area (Å²) in [4.78, 5) is 11.4. The van der Waals surface area contributed by atoms with Gasteiger partial charge in [0.15, 0.2) is 11.8 Å². The van der Waals surface area contributed by atoms with E-state index in [4.69, 9.17) is 4.74 Å². The van der Waals surface area contributed by atoms with Crippen LogP contribution in [0, 0.1) is 0 Å². The second kappa shape index (κ2) is 9.84. The number of hydrogen-bond acceptors (Lipinski definition) is 5. The number of aromatic nitrogens is 3. The van der Waals surface area contributed by atoms with E-state index < -0.39 is 0 Å². The normalized spacial score (nSPS) is 21.1. The summed E-state index contributed by atoms with van der Waals surface area (Å²) < 4.78 is 7.11. The van der Waals surface area contributed by atoms with Crippen LogP contribution >= 0.6 is 24.0 Å². The SMILES string of the molecule is CN=C(NCC(C)N(C)C1CC1)NC1CCc2nc(COC)nn2C1.I. The second-order valence-corrected chi connectivity index (χ2v) is 7.14. The van der Waals surface area contributed by atoms with Crippen molar-refractivity contribution in [1.82, 2.24) is 30.3 Å². The van der Waals surface area contributed by atoms with Crippen LogP contribution in [0.4, 0.5) is 0 Å². The summed E-state index contributed by atoms with van der Waals surface area (Å²) in [5.74, 6) is 2.67. The van der Waals surface area contributed by atoms with Gasteiger partial charge in [-0.1, -0.05) is 0 Å². The zero-order chi connectivity index (χ0) is 17.8. The van der Waals surface area contributed by atoms with Gasteiger partial charge in [-0.15, -0.1) is 24.0 Å². The fraction of sp³-hybridized carbons (Fsp3) is 0.824. The fourth-order valence-electron chi connectivity index (χ4n) is 3.29. The van der Waals surface area contributed by atoms with Gasteiger partial charge in [0.25, 0.3) is 0 Å². The minimum atomic E-state index is 0. The standard InChI is InChI=1S/C17H31N7O.HI/c1-12(23(3)14-6-7-14)9-19-17(18-2)20-13-5-8-16-21-15(11-25-4)22-24(16)10-13;/h12-14H,5-11H2,1-4H3,(H2,18,19,20);1H. The van der Waals surface area contributed by atoms with Crippen molar-refractivity contribution in [3.63, 3.8) is 0 Å². The average molecular weight is 477 g/mol. The molecule has 1 aliphatic heterocycles. The molecule has 148 valence electrons. The third-order valence-electron chi connectivity index (χ3n) is 5.12. The lowest BCUT2D eigenvalue weighted by atomic mass is 10.1. The highest BCUT2D eigenvalue weighted by atomic mass is 127. The van der Waals surface area contributed by atoms with Crippen LogP contribution in [0.2, 0.25) is 0 Å². The Labute approximate surface area is 173 Å². The number of aliphatic imine (C=N–C) groups is 1. The zero-order valence-electron chi connectivity index (χ0n) is 16.2. The van der Waals surface area contributed by atoms with Gasteiger partial charge in [-0.3, -0.25) is 9.89 Å². The summed E-state index contributed by atoms with van der Waals surface area (Å²) in [6.07, 6.45) is 4.62. The number of halogens is 1. The van der Waals surface area contributed by atoms with Crippen molar-refractivity contribution in [3.05, 3.63) is 11.6 Å². The van der Waals surface area contributed by atoms with Crippen molar-refractivity contribution >= 4 is 29.9 Å². The van der Waals surface area contributed by atoms with E-state index in [2.05, 4.69) is 44.6 Å². The average Bonchev–Trinajstić information content (AvgIpc) is 3.38. The molecule has 1 aliphatic carbocycles. The first-order valence-electron chi connectivity index (χ1n) is 9.21. The van der Waals surface area contributed by atoms with Gasteiger partial charge >= 0.3 is 0 Å². The molecule has 1 aromatic rings. The van der Waals surface area contributed by atoms with Gasteiger partial charge in [0.2, 0.25) is 0 Å². The van der Waals surface area contributed by atoms with Crippen LogP contribution in [0.5, 0.6) is 0 Å². The van der Waals surface area contributed by atoms with E-state index in [0.29, 0.717) is 18.7 Å². The third kappa shape index (κ3) is 5.53. The highest BCUT2D eigenvalue weighted by Crippen LogP contribution is 2.26. The number of nitrogens with one attached hydrogen (secondary N) is 2. The maximum atomic E-state index is 5.12. The first kappa shape index (κ1) is 21.4. The molecule has 2 aliphatic rings. The minimum Gasteiger partial charge on any atom is -0.377 e. The van der Waals surface area contributed by atoms with Crippen molar-refractivity contribution in [2.75, 3.05) is 27.7 Å². The summed E-state index contributed by atoms with van der Waals surface area (Å²) in [5.41, 5.74) is 0. The lowest BCUT2D eigenvalue weighted by Crippen LogP contribution is -2.50. The lowest BCUT2D eigenvalue weighted by Gasteiger charge is -2.28. The van der Waals surface area contributed by atoms with Crippen LogP contribution in [-0.4, -0.2) is 71.5 Å². The van der Waals surface area contributed by atoms with E-state index in [1.165, 1.54) is 12.8 Å². The molecule has 1 fully saturated rings. The predicted octanol–water partition coefficient (Wildman–Crippen LogP) is 1.01. The summed E-state index contributed by atoms with van der Waals surface area (Å²) >= 11 is 0. The zero-order valence-corrected chi connectivity index (χ0v) is 18.6. The maximum Gasteiger partial charge on any atom is 0.191 e.